The Morgan fingerprint density at radius 3 is 2.33 bits per heavy atom. The van der Waals surface area contributed by atoms with Gasteiger partial charge in [-0.25, -0.2) is 13.8 Å². The van der Waals surface area contributed by atoms with Crippen molar-refractivity contribution in [3.05, 3.63) is 71.3 Å². The Hall–Kier alpha value is -3.26. The highest BCUT2D eigenvalue weighted by molar-refractivity contribution is 5.84. The van der Waals surface area contributed by atoms with Crippen molar-refractivity contribution < 1.29 is 8.78 Å². The molecule has 3 aromatic rings. The fraction of sp³-hybridized carbons (Fsp3) is 0.0526. The van der Waals surface area contributed by atoms with Gasteiger partial charge in [0, 0.05) is 16.7 Å². The summed E-state index contributed by atoms with van der Waals surface area (Å²) in [5.74, 6) is -0.805. The van der Waals surface area contributed by atoms with E-state index in [1.807, 2.05) is 6.07 Å². The number of rotatable bonds is 2. The Bertz CT molecular complexity index is 958. The molecule has 24 heavy (non-hydrogen) atoms. The van der Waals surface area contributed by atoms with Gasteiger partial charge in [0.05, 0.1) is 5.69 Å². The largest absolute Gasteiger partial charge is 0.383 e. The van der Waals surface area contributed by atoms with Crippen molar-refractivity contribution >= 4 is 5.82 Å². The molecule has 3 nitrogen and oxygen atoms in total. The molecule has 0 saturated carbocycles. The zero-order valence-electron chi connectivity index (χ0n) is 12.8. The first-order valence-electron chi connectivity index (χ1n) is 7.24. The fourth-order valence-electron chi connectivity index (χ4n) is 2.70. The van der Waals surface area contributed by atoms with Crippen LogP contribution in [0.15, 0.2) is 48.5 Å². The van der Waals surface area contributed by atoms with Crippen LogP contribution < -0.4 is 5.73 Å². The summed E-state index contributed by atoms with van der Waals surface area (Å²) in [4.78, 5) is 4.27. The number of pyridine rings is 1. The van der Waals surface area contributed by atoms with E-state index < -0.39 is 5.82 Å². The van der Waals surface area contributed by atoms with Gasteiger partial charge < -0.3 is 5.73 Å². The third kappa shape index (κ3) is 2.59. The first-order chi connectivity index (χ1) is 11.5. The molecule has 3 rings (SSSR count). The molecule has 2 N–H and O–H groups in total. The molecule has 5 heteroatoms. The summed E-state index contributed by atoms with van der Waals surface area (Å²) in [7, 11) is 0. The highest BCUT2D eigenvalue weighted by Gasteiger charge is 2.20. The van der Waals surface area contributed by atoms with E-state index in [0.29, 0.717) is 22.4 Å². The molecule has 0 unspecified atom stereocenters. The summed E-state index contributed by atoms with van der Waals surface area (Å²) < 4.78 is 27.4. The van der Waals surface area contributed by atoms with Crippen molar-refractivity contribution in [3.8, 4) is 28.5 Å². The molecule has 1 heterocycles. The van der Waals surface area contributed by atoms with Crippen molar-refractivity contribution in [1.29, 1.82) is 5.26 Å². The molecule has 0 bridgehead atoms. The van der Waals surface area contributed by atoms with Crippen LogP contribution >= 0.6 is 0 Å². The van der Waals surface area contributed by atoms with E-state index in [-0.39, 0.29) is 22.8 Å². The Morgan fingerprint density at radius 1 is 1.04 bits per heavy atom. The minimum Gasteiger partial charge on any atom is -0.383 e. The third-order valence-electron chi connectivity index (χ3n) is 3.84. The van der Waals surface area contributed by atoms with Gasteiger partial charge >= 0.3 is 0 Å². The number of nitrogens with two attached hydrogens (primary N) is 1. The van der Waals surface area contributed by atoms with E-state index in [9.17, 15) is 14.0 Å². The summed E-state index contributed by atoms with van der Waals surface area (Å²) >= 11 is 0. The Kier molecular flexibility index (Phi) is 3.97. The smallest absolute Gasteiger partial charge is 0.142 e. The lowest BCUT2D eigenvalue weighted by atomic mass is 9.92. The molecule has 0 atom stereocenters. The van der Waals surface area contributed by atoms with Crippen molar-refractivity contribution in [2.75, 3.05) is 5.73 Å². The number of hydrogen-bond acceptors (Lipinski definition) is 3. The van der Waals surface area contributed by atoms with Crippen molar-refractivity contribution in [3.63, 3.8) is 0 Å². The molecule has 1 aromatic heterocycles. The predicted octanol–water partition coefficient (Wildman–Crippen LogP) is 4.46. The fourth-order valence-corrected chi connectivity index (χ4v) is 2.70. The van der Waals surface area contributed by atoms with Gasteiger partial charge in [-0.1, -0.05) is 18.2 Å². The van der Waals surface area contributed by atoms with E-state index >= 15 is 0 Å². The average Bonchev–Trinajstić information content (AvgIpc) is 2.58. The quantitative estimate of drug-likeness (QED) is 0.758. The zero-order chi connectivity index (χ0) is 17.3. The van der Waals surface area contributed by atoms with Crippen LogP contribution in [0.5, 0.6) is 0 Å². The third-order valence-corrected chi connectivity index (χ3v) is 3.84. The van der Waals surface area contributed by atoms with E-state index in [4.69, 9.17) is 5.73 Å². The maximum atomic E-state index is 14.3. The van der Waals surface area contributed by atoms with E-state index in [1.165, 1.54) is 18.2 Å². The molecule has 0 amide bonds. The molecule has 0 aliphatic rings. The zero-order valence-corrected chi connectivity index (χ0v) is 12.8. The van der Waals surface area contributed by atoms with Crippen molar-refractivity contribution in [2.24, 2.45) is 0 Å². The van der Waals surface area contributed by atoms with Gasteiger partial charge in [-0.2, -0.15) is 5.26 Å². The van der Waals surface area contributed by atoms with Gasteiger partial charge in [0.1, 0.15) is 29.1 Å². The maximum Gasteiger partial charge on any atom is 0.142 e. The standard InChI is InChI=1S/C19H13F2N3/c1-11-17(14-4-2-3-5-16(14)21)15(10-22)19(23)24-18(11)12-6-8-13(20)9-7-12/h2-9H,1H3,(H2,23,24). The van der Waals surface area contributed by atoms with E-state index in [0.717, 1.165) is 0 Å². The lowest BCUT2D eigenvalue weighted by Crippen LogP contribution is -2.04. The number of nitriles is 1. The van der Waals surface area contributed by atoms with Crippen LogP contribution in [0.2, 0.25) is 0 Å². The SMILES string of the molecule is Cc1c(-c2ccc(F)cc2)nc(N)c(C#N)c1-c1ccccc1F. The number of halogens is 2. The van der Waals surface area contributed by atoms with Gasteiger partial charge in [-0.3, -0.25) is 0 Å². The molecule has 118 valence electrons. The van der Waals surface area contributed by atoms with Crippen LogP contribution in [0.4, 0.5) is 14.6 Å². The van der Waals surface area contributed by atoms with Crippen molar-refractivity contribution in [2.45, 2.75) is 6.92 Å². The topological polar surface area (TPSA) is 62.7 Å². The normalized spacial score (nSPS) is 10.4. The number of anilines is 1. The Morgan fingerprint density at radius 2 is 1.71 bits per heavy atom. The van der Waals surface area contributed by atoms with E-state index in [1.54, 1.807) is 37.3 Å². The molecule has 0 spiro atoms. The van der Waals surface area contributed by atoms with Crippen LogP contribution in [-0.2, 0) is 0 Å². The van der Waals surface area contributed by atoms with Crippen LogP contribution in [0.3, 0.4) is 0 Å². The highest BCUT2D eigenvalue weighted by Crippen LogP contribution is 2.36. The molecule has 0 radical (unpaired) electrons. The lowest BCUT2D eigenvalue weighted by molar-refractivity contribution is 0.628. The molecule has 0 aliphatic carbocycles. The summed E-state index contributed by atoms with van der Waals surface area (Å²) in [6, 6.07) is 13.9. The second-order valence-electron chi connectivity index (χ2n) is 5.32. The Balaban J connectivity index is 2.34. The summed E-state index contributed by atoms with van der Waals surface area (Å²) in [6.45, 7) is 1.74. The van der Waals surface area contributed by atoms with Gasteiger partial charge in [-0.05, 0) is 42.8 Å². The summed E-state index contributed by atoms with van der Waals surface area (Å²) in [6.07, 6.45) is 0. The number of nitrogen functional groups attached to an aromatic ring is 1. The average molecular weight is 321 g/mol. The number of benzene rings is 2. The Labute approximate surface area is 138 Å². The van der Waals surface area contributed by atoms with Gasteiger partial charge in [0.2, 0.25) is 0 Å². The molecular formula is C19H13F2N3. The van der Waals surface area contributed by atoms with Crippen molar-refractivity contribution in [1.82, 2.24) is 4.98 Å². The number of nitrogens with zero attached hydrogens (tertiary/aromatic N) is 2. The highest BCUT2D eigenvalue weighted by atomic mass is 19.1. The summed E-state index contributed by atoms with van der Waals surface area (Å²) in [5.41, 5.74) is 8.48. The molecular weight excluding hydrogens is 308 g/mol. The molecule has 2 aromatic carbocycles. The first kappa shape index (κ1) is 15.6. The lowest BCUT2D eigenvalue weighted by Gasteiger charge is -2.15. The van der Waals surface area contributed by atoms with Gasteiger partial charge in [0.25, 0.3) is 0 Å². The minimum atomic E-state index is -0.451. The maximum absolute atomic E-state index is 14.3. The second-order valence-corrected chi connectivity index (χ2v) is 5.32. The molecule has 0 aliphatic heterocycles. The molecule has 0 fully saturated rings. The summed E-state index contributed by atoms with van der Waals surface area (Å²) in [5, 5.41) is 9.43. The number of hydrogen-bond donors (Lipinski definition) is 1. The van der Waals surface area contributed by atoms with Crippen LogP contribution in [0.1, 0.15) is 11.1 Å². The second kappa shape index (κ2) is 6.09. The minimum absolute atomic E-state index is 0.0145. The number of aromatic nitrogens is 1. The van der Waals surface area contributed by atoms with Crippen LogP contribution in [0.25, 0.3) is 22.4 Å². The molecule has 0 saturated heterocycles. The van der Waals surface area contributed by atoms with Gasteiger partial charge in [-0.15, -0.1) is 0 Å². The first-order valence-corrected chi connectivity index (χ1v) is 7.24. The van der Waals surface area contributed by atoms with Crippen LogP contribution in [0, 0.1) is 29.9 Å². The van der Waals surface area contributed by atoms with Crippen LogP contribution in [-0.4, -0.2) is 4.98 Å². The van der Waals surface area contributed by atoms with E-state index in [2.05, 4.69) is 4.98 Å². The van der Waals surface area contributed by atoms with Gasteiger partial charge in [0.15, 0.2) is 0 Å². The predicted molar refractivity (Wildman–Crippen MR) is 88.9 cm³/mol. The monoisotopic (exact) mass is 321 g/mol.